The molecule has 0 aliphatic rings. The molecule has 1 aromatic heterocycles. The Morgan fingerprint density at radius 1 is 1.12 bits per heavy atom. The standard InChI is InChI=1S/C16H15N5O3S/c1-11-3-6-13(21-10-17-19-20-21)9-15(11)18-16(22)12-4-7-14(8-5-12)25(2,23)24/h3-10H,1-2H3,(H,18,22). The lowest BCUT2D eigenvalue weighted by Gasteiger charge is -2.10. The second-order valence-corrected chi connectivity index (χ2v) is 7.52. The minimum absolute atomic E-state index is 0.168. The van der Waals surface area contributed by atoms with Gasteiger partial charge in [-0.1, -0.05) is 6.07 Å². The molecule has 25 heavy (non-hydrogen) atoms. The van der Waals surface area contributed by atoms with Gasteiger partial charge in [0.2, 0.25) is 0 Å². The number of sulfone groups is 1. The van der Waals surface area contributed by atoms with Crippen LogP contribution in [0.5, 0.6) is 0 Å². The summed E-state index contributed by atoms with van der Waals surface area (Å²) in [5.41, 5.74) is 2.56. The first-order valence-electron chi connectivity index (χ1n) is 7.30. The second-order valence-electron chi connectivity index (χ2n) is 5.50. The smallest absolute Gasteiger partial charge is 0.255 e. The first-order valence-corrected chi connectivity index (χ1v) is 9.19. The molecule has 0 unspecified atom stereocenters. The molecule has 0 saturated heterocycles. The molecule has 2 aromatic carbocycles. The number of anilines is 1. The molecule has 0 radical (unpaired) electrons. The zero-order chi connectivity index (χ0) is 18.0. The van der Waals surface area contributed by atoms with E-state index in [2.05, 4.69) is 20.8 Å². The number of nitrogens with zero attached hydrogens (tertiary/aromatic N) is 4. The van der Waals surface area contributed by atoms with E-state index in [-0.39, 0.29) is 10.8 Å². The van der Waals surface area contributed by atoms with Gasteiger partial charge in [-0.3, -0.25) is 4.79 Å². The zero-order valence-corrected chi connectivity index (χ0v) is 14.4. The number of aryl methyl sites for hydroxylation is 1. The molecule has 8 nitrogen and oxygen atoms in total. The lowest BCUT2D eigenvalue weighted by atomic mass is 10.1. The van der Waals surface area contributed by atoms with Crippen LogP contribution in [0.4, 0.5) is 5.69 Å². The largest absolute Gasteiger partial charge is 0.322 e. The van der Waals surface area contributed by atoms with E-state index in [0.717, 1.165) is 11.8 Å². The molecule has 0 aliphatic heterocycles. The van der Waals surface area contributed by atoms with Crippen LogP contribution in [0.15, 0.2) is 53.7 Å². The van der Waals surface area contributed by atoms with Crippen molar-refractivity contribution in [3.63, 3.8) is 0 Å². The average Bonchev–Trinajstić information content (AvgIpc) is 3.10. The number of tetrazole rings is 1. The molecule has 0 atom stereocenters. The number of carbonyl (C=O) groups is 1. The molecule has 1 amide bonds. The molecule has 0 fully saturated rings. The first kappa shape index (κ1) is 16.8. The van der Waals surface area contributed by atoms with Crippen LogP contribution in [0.1, 0.15) is 15.9 Å². The highest BCUT2D eigenvalue weighted by Gasteiger charge is 2.12. The van der Waals surface area contributed by atoms with Crippen LogP contribution in [-0.4, -0.2) is 40.8 Å². The predicted octanol–water partition coefficient (Wildman–Crippen LogP) is 1.63. The summed E-state index contributed by atoms with van der Waals surface area (Å²) < 4.78 is 24.4. The van der Waals surface area contributed by atoms with E-state index in [0.29, 0.717) is 16.9 Å². The topological polar surface area (TPSA) is 107 Å². The first-order chi connectivity index (χ1) is 11.8. The van der Waals surface area contributed by atoms with Gasteiger partial charge in [0.05, 0.1) is 10.6 Å². The van der Waals surface area contributed by atoms with Crippen molar-refractivity contribution in [3.8, 4) is 5.69 Å². The van der Waals surface area contributed by atoms with E-state index in [4.69, 9.17) is 0 Å². The Kier molecular flexibility index (Phi) is 4.32. The molecule has 0 bridgehead atoms. The van der Waals surface area contributed by atoms with Crippen LogP contribution in [0, 0.1) is 6.92 Å². The Hall–Kier alpha value is -3.07. The fourth-order valence-corrected chi connectivity index (χ4v) is 2.85. The Bertz CT molecular complexity index is 1010. The molecular weight excluding hydrogens is 342 g/mol. The number of rotatable bonds is 4. The molecule has 0 saturated carbocycles. The molecule has 0 aliphatic carbocycles. The zero-order valence-electron chi connectivity index (χ0n) is 13.5. The van der Waals surface area contributed by atoms with Crippen LogP contribution in [0.3, 0.4) is 0 Å². The van der Waals surface area contributed by atoms with Crippen molar-refractivity contribution in [3.05, 3.63) is 59.9 Å². The third kappa shape index (κ3) is 3.72. The summed E-state index contributed by atoms with van der Waals surface area (Å²) in [6, 6.07) is 11.2. The minimum atomic E-state index is -3.29. The number of aromatic nitrogens is 4. The van der Waals surface area contributed by atoms with Crippen molar-refractivity contribution < 1.29 is 13.2 Å². The van der Waals surface area contributed by atoms with Crippen LogP contribution in [0.2, 0.25) is 0 Å². The lowest BCUT2D eigenvalue weighted by molar-refractivity contribution is 0.102. The highest BCUT2D eigenvalue weighted by atomic mass is 32.2. The fourth-order valence-electron chi connectivity index (χ4n) is 2.21. The summed E-state index contributed by atoms with van der Waals surface area (Å²) in [5.74, 6) is -0.336. The summed E-state index contributed by atoms with van der Waals surface area (Å²) in [6.45, 7) is 1.87. The van der Waals surface area contributed by atoms with Crippen LogP contribution < -0.4 is 5.32 Å². The molecule has 3 aromatic rings. The minimum Gasteiger partial charge on any atom is -0.322 e. The monoisotopic (exact) mass is 357 g/mol. The van der Waals surface area contributed by atoms with E-state index < -0.39 is 9.84 Å². The number of amides is 1. The third-order valence-electron chi connectivity index (χ3n) is 3.63. The highest BCUT2D eigenvalue weighted by molar-refractivity contribution is 7.90. The number of benzene rings is 2. The van der Waals surface area contributed by atoms with Gasteiger partial charge in [-0.05, 0) is 59.3 Å². The van der Waals surface area contributed by atoms with Gasteiger partial charge in [-0.25, -0.2) is 13.1 Å². The van der Waals surface area contributed by atoms with Crippen molar-refractivity contribution in [2.45, 2.75) is 11.8 Å². The molecule has 9 heteroatoms. The average molecular weight is 357 g/mol. The maximum absolute atomic E-state index is 12.4. The number of carbonyl (C=O) groups excluding carboxylic acids is 1. The van der Waals surface area contributed by atoms with Gasteiger partial charge in [0.15, 0.2) is 9.84 Å². The molecule has 1 N–H and O–H groups in total. The van der Waals surface area contributed by atoms with Gasteiger partial charge in [0.1, 0.15) is 6.33 Å². The Morgan fingerprint density at radius 2 is 1.84 bits per heavy atom. The number of nitrogens with one attached hydrogen (secondary N) is 1. The van der Waals surface area contributed by atoms with Gasteiger partial charge in [-0.2, -0.15) is 0 Å². The van der Waals surface area contributed by atoms with E-state index in [1.54, 1.807) is 6.07 Å². The van der Waals surface area contributed by atoms with Gasteiger partial charge in [0, 0.05) is 17.5 Å². The lowest BCUT2D eigenvalue weighted by Crippen LogP contribution is -2.13. The van der Waals surface area contributed by atoms with E-state index in [9.17, 15) is 13.2 Å². The van der Waals surface area contributed by atoms with Gasteiger partial charge in [0.25, 0.3) is 5.91 Å². The Labute approximate surface area is 144 Å². The van der Waals surface area contributed by atoms with Crippen molar-refractivity contribution in [2.24, 2.45) is 0 Å². The summed E-state index contributed by atoms with van der Waals surface area (Å²) in [6.07, 6.45) is 2.58. The summed E-state index contributed by atoms with van der Waals surface area (Å²) in [7, 11) is -3.29. The number of hydrogen-bond acceptors (Lipinski definition) is 6. The third-order valence-corrected chi connectivity index (χ3v) is 4.76. The molecule has 128 valence electrons. The fraction of sp³-hybridized carbons (Fsp3) is 0.125. The van der Waals surface area contributed by atoms with Gasteiger partial charge >= 0.3 is 0 Å². The molecule has 0 spiro atoms. The predicted molar refractivity (Wildman–Crippen MR) is 91.4 cm³/mol. The summed E-state index contributed by atoms with van der Waals surface area (Å²) in [4.78, 5) is 12.6. The van der Waals surface area contributed by atoms with Crippen molar-refractivity contribution in [1.82, 2.24) is 20.2 Å². The van der Waals surface area contributed by atoms with E-state index >= 15 is 0 Å². The van der Waals surface area contributed by atoms with Crippen LogP contribution >= 0.6 is 0 Å². The molecule has 3 rings (SSSR count). The molecular formula is C16H15N5O3S. The summed E-state index contributed by atoms with van der Waals surface area (Å²) >= 11 is 0. The number of hydrogen-bond donors (Lipinski definition) is 1. The highest BCUT2D eigenvalue weighted by Crippen LogP contribution is 2.20. The molecule has 1 heterocycles. The van der Waals surface area contributed by atoms with Crippen LogP contribution in [-0.2, 0) is 9.84 Å². The van der Waals surface area contributed by atoms with Crippen molar-refractivity contribution in [1.29, 1.82) is 0 Å². The second kappa shape index (κ2) is 6.44. The maximum Gasteiger partial charge on any atom is 0.255 e. The quantitative estimate of drug-likeness (QED) is 0.760. The normalized spacial score (nSPS) is 11.3. The van der Waals surface area contributed by atoms with E-state index in [1.807, 2.05) is 19.1 Å². The van der Waals surface area contributed by atoms with Crippen molar-refractivity contribution >= 4 is 21.4 Å². The Balaban J connectivity index is 1.84. The van der Waals surface area contributed by atoms with Crippen molar-refractivity contribution in [2.75, 3.05) is 11.6 Å². The maximum atomic E-state index is 12.4. The van der Waals surface area contributed by atoms with Crippen LogP contribution in [0.25, 0.3) is 5.69 Å². The SMILES string of the molecule is Cc1ccc(-n2cnnn2)cc1NC(=O)c1ccc(S(C)(=O)=O)cc1. The summed E-state index contributed by atoms with van der Waals surface area (Å²) in [5, 5.41) is 13.8. The Morgan fingerprint density at radius 3 is 2.44 bits per heavy atom. The van der Waals surface area contributed by atoms with Gasteiger partial charge < -0.3 is 5.32 Å². The van der Waals surface area contributed by atoms with Gasteiger partial charge in [-0.15, -0.1) is 5.10 Å². The van der Waals surface area contributed by atoms with E-state index in [1.165, 1.54) is 35.3 Å².